The minimum absolute atomic E-state index is 0.123. The Bertz CT molecular complexity index is 481. The fraction of sp³-hybridized carbons (Fsp3) is 0.438. The van der Waals surface area contributed by atoms with E-state index in [9.17, 15) is 4.79 Å². The van der Waals surface area contributed by atoms with E-state index in [1.54, 1.807) is 0 Å². The number of carbonyl (C=O) groups excluding carboxylic acids is 1. The lowest BCUT2D eigenvalue weighted by molar-refractivity contribution is 0.214. The first-order valence-corrected chi connectivity index (χ1v) is 7.01. The molecule has 1 aliphatic heterocycles. The van der Waals surface area contributed by atoms with Crippen LogP contribution in [0.5, 0.6) is 0 Å². The summed E-state index contributed by atoms with van der Waals surface area (Å²) in [5, 5.41) is 5.77. The van der Waals surface area contributed by atoms with Crippen LogP contribution in [0, 0.1) is 11.8 Å². The van der Waals surface area contributed by atoms with Crippen LogP contribution >= 0.6 is 0 Å². The highest BCUT2D eigenvalue weighted by Crippen LogP contribution is 2.07. The summed E-state index contributed by atoms with van der Waals surface area (Å²) in [6.45, 7) is 2.45. The van der Waals surface area contributed by atoms with E-state index in [4.69, 9.17) is 0 Å². The van der Waals surface area contributed by atoms with Crippen LogP contribution in [-0.4, -0.2) is 43.7 Å². The third-order valence-corrected chi connectivity index (χ3v) is 3.40. The summed E-state index contributed by atoms with van der Waals surface area (Å²) in [7, 11) is 2.11. The molecule has 4 nitrogen and oxygen atoms in total. The third kappa shape index (κ3) is 4.94. The SMILES string of the molecule is CN1CCC(NC(=O)NCC#Cc2ccccc2)CC1. The maximum Gasteiger partial charge on any atom is 0.315 e. The summed E-state index contributed by atoms with van der Waals surface area (Å²) < 4.78 is 0. The lowest BCUT2D eigenvalue weighted by atomic mass is 10.1. The fourth-order valence-electron chi connectivity index (χ4n) is 2.18. The molecule has 2 N–H and O–H groups in total. The van der Waals surface area contributed by atoms with Gasteiger partial charge in [-0.3, -0.25) is 0 Å². The van der Waals surface area contributed by atoms with Crippen LogP contribution in [0.15, 0.2) is 30.3 Å². The molecule has 1 fully saturated rings. The molecule has 0 atom stereocenters. The zero-order chi connectivity index (χ0) is 14.2. The molecule has 0 radical (unpaired) electrons. The van der Waals surface area contributed by atoms with Crippen molar-refractivity contribution in [2.24, 2.45) is 0 Å². The van der Waals surface area contributed by atoms with E-state index in [-0.39, 0.29) is 12.1 Å². The van der Waals surface area contributed by atoms with Crippen molar-refractivity contribution in [3.63, 3.8) is 0 Å². The summed E-state index contributed by atoms with van der Waals surface area (Å²) in [6, 6.07) is 9.92. The van der Waals surface area contributed by atoms with E-state index in [1.165, 1.54) is 0 Å². The zero-order valence-corrected chi connectivity index (χ0v) is 11.9. The molecule has 4 heteroatoms. The standard InChI is InChI=1S/C16H21N3O/c1-19-12-9-15(10-13-19)18-16(20)17-11-5-8-14-6-3-2-4-7-14/h2-4,6-7,15H,9-13H2,1H3,(H2,17,18,20). The predicted octanol–water partition coefficient (Wildman–Crippen LogP) is 1.43. The number of rotatable bonds is 2. The lowest BCUT2D eigenvalue weighted by Crippen LogP contribution is -2.47. The summed E-state index contributed by atoms with van der Waals surface area (Å²) in [4.78, 5) is 14.0. The maximum atomic E-state index is 11.7. The summed E-state index contributed by atoms with van der Waals surface area (Å²) >= 11 is 0. The molecule has 1 saturated heterocycles. The second-order valence-electron chi connectivity index (χ2n) is 5.07. The molecular weight excluding hydrogens is 250 g/mol. The third-order valence-electron chi connectivity index (χ3n) is 3.40. The number of urea groups is 1. The summed E-state index contributed by atoms with van der Waals surface area (Å²) in [5.74, 6) is 5.96. The van der Waals surface area contributed by atoms with E-state index < -0.39 is 0 Å². The van der Waals surface area contributed by atoms with Crippen molar-refractivity contribution >= 4 is 6.03 Å². The molecule has 0 aliphatic carbocycles. The van der Waals surface area contributed by atoms with Crippen LogP contribution in [0.25, 0.3) is 0 Å². The van der Waals surface area contributed by atoms with E-state index >= 15 is 0 Å². The quantitative estimate of drug-likeness (QED) is 0.799. The largest absolute Gasteiger partial charge is 0.335 e. The molecule has 0 bridgehead atoms. The number of nitrogens with one attached hydrogen (secondary N) is 2. The average Bonchev–Trinajstić information content (AvgIpc) is 2.47. The van der Waals surface area contributed by atoms with Gasteiger partial charge in [0.2, 0.25) is 0 Å². The van der Waals surface area contributed by atoms with E-state index in [0.717, 1.165) is 31.5 Å². The highest BCUT2D eigenvalue weighted by molar-refractivity contribution is 5.74. The molecule has 20 heavy (non-hydrogen) atoms. The number of benzene rings is 1. The monoisotopic (exact) mass is 271 g/mol. The van der Waals surface area contributed by atoms with E-state index in [1.807, 2.05) is 30.3 Å². The van der Waals surface area contributed by atoms with Crippen molar-refractivity contribution in [2.75, 3.05) is 26.7 Å². The molecule has 1 heterocycles. The van der Waals surface area contributed by atoms with Crippen LogP contribution in [-0.2, 0) is 0 Å². The number of amides is 2. The van der Waals surface area contributed by atoms with Gasteiger partial charge in [-0.25, -0.2) is 4.79 Å². The normalized spacial score (nSPS) is 16.1. The van der Waals surface area contributed by atoms with Gasteiger partial charge in [-0.15, -0.1) is 0 Å². The molecule has 0 unspecified atom stereocenters. The molecular formula is C16H21N3O. The Hall–Kier alpha value is -1.99. The minimum atomic E-state index is -0.123. The topological polar surface area (TPSA) is 44.4 Å². The Balaban J connectivity index is 1.67. The van der Waals surface area contributed by atoms with Gasteiger partial charge in [-0.2, -0.15) is 0 Å². The summed E-state index contributed by atoms with van der Waals surface area (Å²) in [6.07, 6.45) is 2.03. The molecule has 1 aromatic carbocycles. The van der Waals surface area contributed by atoms with Crippen LogP contribution in [0.4, 0.5) is 4.79 Å². The summed E-state index contributed by atoms with van der Waals surface area (Å²) in [5.41, 5.74) is 0.963. The van der Waals surface area contributed by atoms with E-state index in [0.29, 0.717) is 6.54 Å². The number of piperidine rings is 1. The smallest absolute Gasteiger partial charge is 0.315 e. The average molecular weight is 271 g/mol. The van der Waals surface area contributed by atoms with Gasteiger partial charge in [0.1, 0.15) is 0 Å². The van der Waals surface area contributed by atoms with Crippen molar-refractivity contribution in [1.82, 2.24) is 15.5 Å². The van der Waals surface area contributed by atoms with Crippen LogP contribution in [0.1, 0.15) is 18.4 Å². The first-order chi connectivity index (χ1) is 9.74. The maximum absolute atomic E-state index is 11.7. The molecule has 0 saturated carbocycles. The van der Waals surface area contributed by atoms with Gasteiger partial charge < -0.3 is 15.5 Å². The van der Waals surface area contributed by atoms with Crippen LogP contribution < -0.4 is 10.6 Å². The molecule has 2 rings (SSSR count). The molecule has 106 valence electrons. The van der Waals surface area contributed by atoms with Crippen molar-refractivity contribution in [1.29, 1.82) is 0 Å². The molecule has 0 spiro atoms. The fourth-order valence-corrected chi connectivity index (χ4v) is 2.18. The zero-order valence-electron chi connectivity index (χ0n) is 11.9. The Morgan fingerprint density at radius 1 is 1.30 bits per heavy atom. The number of likely N-dealkylation sites (tertiary alicyclic amines) is 1. The first-order valence-electron chi connectivity index (χ1n) is 7.01. The molecule has 2 amide bonds. The van der Waals surface area contributed by atoms with Crippen molar-refractivity contribution in [2.45, 2.75) is 18.9 Å². The Morgan fingerprint density at radius 2 is 2.00 bits per heavy atom. The van der Waals surface area contributed by atoms with Gasteiger partial charge in [0, 0.05) is 11.6 Å². The Labute approximate surface area is 120 Å². The van der Waals surface area contributed by atoms with Gasteiger partial charge in [0.15, 0.2) is 0 Å². The number of hydrogen-bond acceptors (Lipinski definition) is 2. The lowest BCUT2D eigenvalue weighted by Gasteiger charge is -2.29. The molecule has 1 aliphatic rings. The second-order valence-corrected chi connectivity index (χ2v) is 5.07. The van der Waals surface area contributed by atoms with Gasteiger partial charge in [-0.1, -0.05) is 30.0 Å². The number of nitrogens with zero attached hydrogens (tertiary/aromatic N) is 1. The number of hydrogen-bond donors (Lipinski definition) is 2. The van der Waals surface area contributed by atoms with Crippen molar-refractivity contribution in [3.8, 4) is 11.8 Å². The van der Waals surface area contributed by atoms with Gasteiger partial charge in [-0.05, 0) is 45.1 Å². The first kappa shape index (κ1) is 14.4. The molecule has 1 aromatic rings. The molecule has 0 aromatic heterocycles. The van der Waals surface area contributed by atoms with Gasteiger partial charge >= 0.3 is 6.03 Å². The van der Waals surface area contributed by atoms with Crippen LogP contribution in [0.2, 0.25) is 0 Å². The van der Waals surface area contributed by atoms with E-state index in [2.05, 4.69) is 34.4 Å². The highest BCUT2D eigenvalue weighted by atomic mass is 16.2. The Kier molecular flexibility index (Phi) is 5.45. The highest BCUT2D eigenvalue weighted by Gasteiger charge is 2.17. The van der Waals surface area contributed by atoms with Gasteiger partial charge in [0.05, 0.1) is 6.54 Å². The predicted molar refractivity (Wildman–Crippen MR) is 80.4 cm³/mol. The minimum Gasteiger partial charge on any atom is -0.335 e. The second kappa shape index (κ2) is 7.56. The number of carbonyl (C=O) groups is 1. The van der Waals surface area contributed by atoms with Crippen LogP contribution in [0.3, 0.4) is 0 Å². The van der Waals surface area contributed by atoms with Gasteiger partial charge in [0.25, 0.3) is 0 Å². The van der Waals surface area contributed by atoms with Crippen molar-refractivity contribution in [3.05, 3.63) is 35.9 Å². The Morgan fingerprint density at radius 3 is 2.70 bits per heavy atom. The van der Waals surface area contributed by atoms with Crippen molar-refractivity contribution < 1.29 is 4.79 Å².